The number of alkyl halides is 1. The van der Waals surface area contributed by atoms with Gasteiger partial charge in [-0.2, -0.15) is 5.10 Å². The van der Waals surface area contributed by atoms with Crippen LogP contribution in [0.5, 0.6) is 0 Å². The molecule has 9 heteroatoms. The third-order valence-electron chi connectivity index (χ3n) is 9.84. The number of carboxylic acids is 1. The average Bonchev–Trinajstić information content (AvgIpc) is 3.83. The number of aliphatic carboxylic acids is 1. The molecule has 2 fully saturated rings. The molecular weight excluding hydrogens is 612 g/mol. The van der Waals surface area contributed by atoms with Crippen molar-refractivity contribution in [1.82, 2.24) is 14.7 Å². The standard InChI is InChI=1S/C39H49F2N3O4/c1-22(2)13-34(44-39(48)33(27-7-8-27)19-31(42-44)11-12-43-20-30(40)21-43)35(45)10-9-28(18-36(46)47)32-17-29(16-26(6)38(32)41)37-24(4)14-23(3)15-25(37)5/h14-17,19,22,27-28,30,34H,7-13,18,20-21H2,1-6H3,(H,46,47)/t28-,34-/m0/s1. The molecule has 1 aliphatic heterocycles. The molecule has 1 aromatic heterocycles. The SMILES string of the molecule is Cc1cc(C)c(-c2cc(C)c(F)c([C@@H](CCC(=O)[C@H](CC(C)C)n3nc(CCN4CC(F)C4)cc(C4CC4)c3=O)CC(=O)O)c2)c(C)c1. The molecule has 1 aliphatic carbocycles. The molecule has 2 aliphatic rings. The van der Waals surface area contributed by atoms with Gasteiger partial charge in [-0.3, -0.25) is 19.3 Å². The molecule has 0 radical (unpaired) electrons. The van der Waals surface area contributed by atoms with Crippen molar-refractivity contribution in [2.24, 2.45) is 5.92 Å². The van der Waals surface area contributed by atoms with Gasteiger partial charge in [0.2, 0.25) is 0 Å². The Morgan fingerprint density at radius 2 is 1.67 bits per heavy atom. The number of halogens is 2. The minimum atomic E-state index is -1.07. The molecule has 0 unspecified atom stereocenters. The van der Waals surface area contributed by atoms with Gasteiger partial charge in [-0.15, -0.1) is 0 Å². The van der Waals surface area contributed by atoms with E-state index in [0.717, 1.165) is 40.7 Å². The van der Waals surface area contributed by atoms with Crippen molar-refractivity contribution in [2.45, 2.75) is 111 Å². The van der Waals surface area contributed by atoms with Crippen LogP contribution in [0.15, 0.2) is 35.1 Å². The number of aromatic nitrogens is 2. The van der Waals surface area contributed by atoms with Crippen LogP contribution in [0.3, 0.4) is 0 Å². The number of aryl methyl sites for hydroxylation is 4. The first kappa shape index (κ1) is 35.6. The summed E-state index contributed by atoms with van der Waals surface area (Å²) in [6.45, 7) is 13.1. The zero-order valence-electron chi connectivity index (χ0n) is 29.1. The van der Waals surface area contributed by atoms with Crippen LogP contribution in [0.25, 0.3) is 11.1 Å². The number of nitrogens with zero attached hydrogens (tertiary/aromatic N) is 3. The summed E-state index contributed by atoms with van der Waals surface area (Å²) in [5, 5.41) is 14.6. The number of carbonyl (C=O) groups excluding carboxylic acids is 1. The zero-order valence-corrected chi connectivity index (χ0v) is 29.1. The predicted molar refractivity (Wildman–Crippen MR) is 184 cm³/mol. The van der Waals surface area contributed by atoms with E-state index in [1.54, 1.807) is 19.1 Å². The van der Waals surface area contributed by atoms with Gasteiger partial charge in [0.15, 0.2) is 5.78 Å². The monoisotopic (exact) mass is 661 g/mol. The Balaban J connectivity index is 1.44. The van der Waals surface area contributed by atoms with Gasteiger partial charge < -0.3 is 5.11 Å². The zero-order chi connectivity index (χ0) is 34.9. The molecule has 1 N–H and O–H groups in total. The van der Waals surface area contributed by atoms with Crippen LogP contribution in [0.2, 0.25) is 0 Å². The van der Waals surface area contributed by atoms with E-state index in [1.165, 1.54) is 4.68 Å². The highest BCUT2D eigenvalue weighted by Gasteiger charge is 2.33. The lowest BCUT2D eigenvalue weighted by molar-refractivity contribution is -0.137. The second-order valence-electron chi connectivity index (χ2n) is 14.6. The molecule has 2 atom stereocenters. The quantitative estimate of drug-likeness (QED) is 0.181. The van der Waals surface area contributed by atoms with Gasteiger partial charge in [0.05, 0.1) is 12.1 Å². The van der Waals surface area contributed by atoms with E-state index in [0.29, 0.717) is 49.3 Å². The second kappa shape index (κ2) is 14.8. The normalized spacial score (nSPS) is 16.6. The molecule has 3 aromatic rings. The van der Waals surface area contributed by atoms with E-state index >= 15 is 4.39 Å². The van der Waals surface area contributed by atoms with Crippen LogP contribution >= 0.6 is 0 Å². The predicted octanol–water partition coefficient (Wildman–Crippen LogP) is 7.55. The maximum atomic E-state index is 15.8. The van der Waals surface area contributed by atoms with Crippen molar-refractivity contribution in [3.63, 3.8) is 0 Å². The highest BCUT2D eigenvalue weighted by Crippen LogP contribution is 2.39. The number of ketones is 1. The first-order valence-electron chi connectivity index (χ1n) is 17.3. The van der Waals surface area contributed by atoms with Crippen molar-refractivity contribution >= 4 is 11.8 Å². The fourth-order valence-electron chi connectivity index (χ4n) is 7.32. The fourth-order valence-corrected chi connectivity index (χ4v) is 7.32. The van der Waals surface area contributed by atoms with E-state index in [2.05, 4.69) is 12.1 Å². The summed E-state index contributed by atoms with van der Waals surface area (Å²) in [7, 11) is 0. The maximum Gasteiger partial charge on any atom is 0.303 e. The fraction of sp³-hybridized carbons (Fsp3) is 0.538. The van der Waals surface area contributed by atoms with Crippen LogP contribution in [0.4, 0.5) is 8.78 Å². The summed E-state index contributed by atoms with van der Waals surface area (Å²) in [5.74, 6) is -2.26. The van der Waals surface area contributed by atoms with Gasteiger partial charge >= 0.3 is 5.97 Å². The second-order valence-corrected chi connectivity index (χ2v) is 14.6. The van der Waals surface area contributed by atoms with Gasteiger partial charge in [-0.05, 0) is 123 Å². The molecule has 0 amide bonds. The molecule has 0 bridgehead atoms. The number of rotatable bonds is 15. The number of hydrogen-bond donors (Lipinski definition) is 1. The van der Waals surface area contributed by atoms with Crippen molar-refractivity contribution < 1.29 is 23.5 Å². The van der Waals surface area contributed by atoms with E-state index in [1.807, 2.05) is 45.6 Å². The van der Waals surface area contributed by atoms with E-state index in [-0.39, 0.29) is 48.0 Å². The summed E-state index contributed by atoms with van der Waals surface area (Å²) >= 11 is 0. The van der Waals surface area contributed by atoms with Crippen molar-refractivity contribution in [3.05, 3.63) is 85.6 Å². The van der Waals surface area contributed by atoms with Gasteiger partial charge in [0.1, 0.15) is 18.0 Å². The number of benzene rings is 2. The maximum absolute atomic E-state index is 15.8. The Labute approximate surface area is 282 Å². The molecule has 1 saturated carbocycles. The molecule has 2 heterocycles. The number of hydrogen-bond acceptors (Lipinski definition) is 5. The van der Waals surface area contributed by atoms with Crippen molar-refractivity contribution in [3.8, 4) is 11.1 Å². The third-order valence-corrected chi connectivity index (χ3v) is 9.84. The molecule has 7 nitrogen and oxygen atoms in total. The van der Waals surface area contributed by atoms with Crippen LogP contribution in [-0.2, 0) is 16.0 Å². The number of carboxylic acid groups (broad SMARTS) is 1. The molecule has 5 rings (SSSR count). The Kier molecular flexibility index (Phi) is 11.0. The molecule has 2 aromatic carbocycles. The molecule has 48 heavy (non-hydrogen) atoms. The van der Waals surface area contributed by atoms with Crippen LogP contribution < -0.4 is 5.56 Å². The highest BCUT2D eigenvalue weighted by molar-refractivity contribution is 5.82. The Morgan fingerprint density at radius 1 is 1.00 bits per heavy atom. The Bertz CT molecular complexity index is 1720. The molecule has 258 valence electrons. The van der Waals surface area contributed by atoms with Gasteiger partial charge in [-0.1, -0.05) is 31.5 Å². The molecule has 1 saturated heterocycles. The first-order valence-corrected chi connectivity index (χ1v) is 17.3. The first-order chi connectivity index (χ1) is 22.7. The summed E-state index contributed by atoms with van der Waals surface area (Å²) in [4.78, 5) is 42.0. The van der Waals surface area contributed by atoms with Gasteiger partial charge in [0, 0.05) is 38.0 Å². The summed E-state index contributed by atoms with van der Waals surface area (Å²) < 4.78 is 30.6. The smallest absolute Gasteiger partial charge is 0.303 e. The Morgan fingerprint density at radius 3 is 2.25 bits per heavy atom. The lowest BCUT2D eigenvalue weighted by atomic mass is 9.84. The minimum absolute atomic E-state index is 0.0244. The summed E-state index contributed by atoms with van der Waals surface area (Å²) in [6, 6.07) is 8.73. The third kappa shape index (κ3) is 8.28. The van der Waals surface area contributed by atoms with E-state index in [9.17, 15) is 23.9 Å². The lowest BCUT2D eigenvalue weighted by Gasteiger charge is -2.34. The Hall–Kier alpha value is -3.72. The van der Waals surface area contributed by atoms with E-state index in [4.69, 9.17) is 5.10 Å². The molecular formula is C39H49F2N3O4. The summed E-state index contributed by atoms with van der Waals surface area (Å²) in [5.41, 5.74) is 6.86. The van der Waals surface area contributed by atoms with E-state index < -0.39 is 29.9 Å². The average molecular weight is 662 g/mol. The highest BCUT2D eigenvalue weighted by atomic mass is 19.1. The molecule has 0 spiro atoms. The van der Waals surface area contributed by atoms with Crippen LogP contribution in [0.1, 0.15) is 109 Å². The lowest BCUT2D eigenvalue weighted by Crippen LogP contribution is -2.49. The number of carbonyl (C=O) groups is 2. The van der Waals surface area contributed by atoms with Crippen molar-refractivity contribution in [1.29, 1.82) is 0 Å². The van der Waals surface area contributed by atoms with Gasteiger partial charge in [-0.25, -0.2) is 13.5 Å². The topological polar surface area (TPSA) is 92.5 Å². The van der Waals surface area contributed by atoms with Crippen molar-refractivity contribution in [2.75, 3.05) is 19.6 Å². The van der Waals surface area contributed by atoms with Gasteiger partial charge in [0.25, 0.3) is 5.56 Å². The number of Topliss-reactive ketones (excluding diaryl/α,β-unsaturated/α-hetero) is 1. The number of likely N-dealkylation sites (tertiary alicyclic amines) is 1. The summed E-state index contributed by atoms with van der Waals surface area (Å²) in [6.07, 6.45) is 1.74. The minimum Gasteiger partial charge on any atom is -0.481 e. The van der Waals surface area contributed by atoms with Crippen LogP contribution in [0, 0.1) is 39.4 Å². The largest absolute Gasteiger partial charge is 0.481 e. The van der Waals surface area contributed by atoms with Crippen LogP contribution in [-0.4, -0.2) is 57.3 Å².